The molecular weight excluding hydrogens is 353 g/mol. The van der Waals surface area contributed by atoms with E-state index in [-0.39, 0.29) is 16.2 Å². The first-order valence-electron chi connectivity index (χ1n) is 7.05. The van der Waals surface area contributed by atoms with Gasteiger partial charge in [-0.05, 0) is 22.4 Å². The molecule has 0 N–H and O–H groups in total. The number of halogens is 2. The van der Waals surface area contributed by atoms with Crippen molar-refractivity contribution < 1.29 is 9.13 Å². The van der Waals surface area contributed by atoms with Gasteiger partial charge in [-0.2, -0.15) is 0 Å². The van der Waals surface area contributed by atoms with Gasteiger partial charge in [-0.25, -0.2) is 9.18 Å². The van der Waals surface area contributed by atoms with Crippen LogP contribution in [0.4, 0.5) is 4.39 Å². The lowest BCUT2D eigenvalue weighted by molar-refractivity contribution is 0.249. The van der Waals surface area contributed by atoms with E-state index in [9.17, 15) is 9.18 Å². The Morgan fingerprint density at radius 3 is 3.05 bits per heavy atom. The number of aromatic nitrogens is 3. The zero-order valence-corrected chi connectivity index (χ0v) is 13.6. The Balaban J connectivity index is 2.33. The highest BCUT2D eigenvalue weighted by molar-refractivity contribution is 9.10. The normalized spacial score (nSPS) is 17.2. The number of aryl methyl sites for hydroxylation is 1. The van der Waals surface area contributed by atoms with Crippen LogP contribution in [0.2, 0.25) is 0 Å². The first-order valence-corrected chi connectivity index (χ1v) is 7.84. The molecule has 0 spiro atoms. The highest BCUT2D eigenvalue weighted by Gasteiger charge is 2.28. The Kier molecular flexibility index (Phi) is 2.84. The first kappa shape index (κ1) is 13.8. The van der Waals surface area contributed by atoms with Crippen molar-refractivity contribution in [1.29, 1.82) is 0 Å². The summed E-state index contributed by atoms with van der Waals surface area (Å²) in [5.41, 5.74) is 1.87. The van der Waals surface area contributed by atoms with Crippen LogP contribution in [0.1, 0.15) is 19.4 Å². The van der Waals surface area contributed by atoms with Gasteiger partial charge in [0, 0.05) is 13.1 Å². The van der Waals surface area contributed by atoms with Crippen molar-refractivity contribution in [2.75, 3.05) is 6.61 Å². The molecule has 114 valence electrons. The number of benzene rings is 1. The second-order valence-electron chi connectivity index (χ2n) is 5.47. The molecule has 1 aliphatic heterocycles. The Morgan fingerprint density at radius 1 is 1.55 bits per heavy atom. The van der Waals surface area contributed by atoms with Crippen LogP contribution >= 0.6 is 15.9 Å². The van der Waals surface area contributed by atoms with Gasteiger partial charge < -0.3 is 4.74 Å². The molecule has 1 aliphatic rings. The maximum atomic E-state index is 14.1. The molecule has 1 atom stereocenters. The van der Waals surface area contributed by atoms with E-state index in [1.165, 1.54) is 6.07 Å². The number of hydrogen-bond acceptors (Lipinski definition) is 3. The van der Waals surface area contributed by atoms with Crippen LogP contribution in [0.5, 0.6) is 5.75 Å². The van der Waals surface area contributed by atoms with Gasteiger partial charge in [0.05, 0.1) is 38.6 Å². The zero-order chi connectivity index (χ0) is 15.6. The van der Waals surface area contributed by atoms with Crippen molar-refractivity contribution >= 4 is 37.9 Å². The summed E-state index contributed by atoms with van der Waals surface area (Å²) in [5.74, 6) is -0.00229. The summed E-state index contributed by atoms with van der Waals surface area (Å²) in [7, 11) is 1.72. The van der Waals surface area contributed by atoms with E-state index in [0.717, 1.165) is 17.5 Å². The van der Waals surface area contributed by atoms with E-state index in [2.05, 4.69) is 20.9 Å². The standard InChI is InChI=1S/C15H13BrFN3O2/c1-3-7-6-22-14-11-9(4-8(17)12(14)16)18-5-10-13(11)20(7)15(21)19(10)2/h4-5,7H,3,6H2,1-2H3. The lowest BCUT2D eigenvalue weighted by Gasteiger charge is -2.15. The van der Waals surface area contributed by atoms with Crippen molar-refractivity contribution in [3.63, 3.8) is 0 Å². The molecule has 1 aromatic carbocycles. The average molecular weight is 366 g/mol. The monoisotopic (exact) mass is 365 g/mol. The van der Waals surface area contributed by atoms with Crippen molar-refractivity contribution in [2.24, 2.45) is 7.05 Å². The molecule has 3 heterocycles. The molecule has 0 fully saturated rings. The van der Waals surface area contributed by atoms with Crippen molar-refractivity contribution in [3.05, 3.63) is 33.0 Å². The number of ether oxygens (including phenoxy) is 1. The van der Waals surface area contributed by atoms with Gasteiger partial charge in [0.15, 0.2) is 0 Å². The highest BCUT2D eigenvalue weighted by Crippen LogP contribution is 2.41. The third kappa shape index (κ3) is 1.57. The van der Waals surface area contributed by atoms with Crippen molar-refractivity contribution in [2.45, 2.75) is 19.4 Å². The Labute approximate surface area is 133 Å². The maximum Gasteiger partial charge on any atom is 0.329 e. The minimum Gasteiger partial charge on any atom is -0.489 e. The molecule has 7 heteroatoms. The maximum absolute atomic E-state index is 14.1. The number of hydrogen-bond donors (Lipinski definition) is 0. The van der Waals surface area contributed by atoms with Gasteiger partial charge in [0.25, 0.3) is 0 Å². The van der Waals surface area contributed by atoms with Crippen LogP contribution in [0.25, 0.3) is 21.9 Å². The van der Waals surface area contributed by atoms with Crippen LogP contribution in [0.15, 0.2) is 21.5 Å². The molecule has 0 amide bonds. The fourth-order valence-corrected chi connectivity index (χ4v) is 3.55. The Morgan fingerprint density at radius 2 is 2.32 bits per heavy atom. The second-order valence-corrected chi connectivity index (χ2v) is 6.27. The summed E-state index contributed by atoms with van der Waals surface area (Å²) >= 11 is 3.26. The number of rotatable bonds is 1. The Bertz CT molecular complexity index is 992. The van der Waals surface area contributed by atoms with Crippen LogP contribution in [-0.4, -0.2) is 20.7 Å². The van der Waals surface area contributed by atoms with E-state index in [1.54, 1.807) is 22.4 Å². The smallest absolute Gasteiger partial charge is 0.329 e. The van der Waals surface area contributed by atoms with Gasteiger partial charge in [-0.3, -0.25) is 14.1 Å². The molecule has 1 unspecified atom stereocenters. The number of nitrogens with zero attached hydrogens (tertiary/aromatic N) is 3. The SMILES string of the molecule is CCC1COc2c(Br)c(F)cc3ncc4c(c23)n1c(=O)n4C. The predicted molar refractivity (Wildman–Crippen MR) is 85.0 cm³/mol. The fourth-order valence-electron chi connectivity index (χ4n) is 3.12. The first-order chi connectivity index (χ1) is 10.5. The molecule has 2 aromatic heterocycles. The molecule has 0 radical (unpaired) electrons. The molecule has 0 saturated carbocycles. The molecule has 4 rings (SSSR count). The summed E-state index contributed by atoms with van der Waals surface area (Å²) in [5, 5.41) is 0.680. The van der Waals surface area contributed by atoms with Gasteiger partial charge in [-0.1, -0.05) is 6.92 Å². The van der Waals surface area contributed by atoms with Crippen LogP contribution < -0.4 is 10.4 Å². The summed E-state index contributed by atoms with van der Waals surface area (Å²) in [6.07, 6.45) is 2.36. The minimum absolute atomic E-state index is 0.0934. The van der Waals surface area contributed by atoms with Crippen molar-refractivity contribution in [3.8, 4) is 5.75 Å². The van der Waals surface area contributed by atoms with Gasteiger partial charge in [-0.15, -0.1) is 0 Å². The predicted octanol–water partition coefficient (Wildman–Crippen LogP) is 3.13. The quantitative estimate of drug-likeness (QED) is 0.665. The molecule has 0 bridgehead atoms. The average Bonchev–Trinajstić information content (AvgIpc) is 2.68. The second kappa shape index (κ2) is 4.55. The number of imidazole rings is 1. The van der Waals surface area contributed by atoms with Crippen LogP contribution in [0.3, 0.4) is 0 Å². The molecule has 0 aliphatic carbocycles. The lowest BCUT2D eigenvalue weighted by atomic mass is 10.1. The third-order valence-electron chi connectivity index (χ3n) is 4.31. The molecule has 3 aromatic rings. The van der Waals surface area contributed by atoms with Gasteiger partial charge in [0.2, 0.25) is 0 Å². The highest BCUT2D eigenvalue weighted by atomic mass is 79.9. The van der Waals surface area contributed by atoms with Crippen LogP contribution in [0, 0.1) is 5.82 Å². The van der Waals surface area contributed by atoms with E-state index in [4.69, 9.17) is 4.74 Å². The van der Waals surface area contributed by atoms with E-state index in [0.29, 0.717) is 23.3 Å². The summed E-state index contributed by atoms with van der Waals surface area (Å²) in [4.78, 5) is 16.9. The van der Waals surface area contributed by atoms with E-state index >= 15 is 0 Å². The summed E-state index contributed by atoms with van der Waals surface area (Å²) in [6.45, 7) is 2.32. The summed E-state index contributed by atoms with van der Waals surface area (Å²) in [6, 6.07) is 1.27. The molecule has 0 saturated heterocycles. The minimum atomic E-state index is -0.422. The Hall–Kier alpha value is -1.89. The molecule has 22 heavy (non-hydrogen) atoms. The largest absolute Gasteiger partial charge is 0.489 e. The fraction of sp³-hybridized carbons (Fsp3) is 0.333. The van der Waals surface area contributed by atoms with Crippen LogP contribution in [-0.2, 0) is 7.05 Å². The van der Waals surface area contributed by atoms with E-state index in [1.807, 2.05) is 6.92 Å². The number of pyridine rings is 1. The van der Waals surface area contributed by atoms with Gasteiger partial charge in [0.1, 0.15) is 18.2 Å². The molecule has 5 nitrogen and oxygen atoms in total. The zero-order valence-electron chi connectivity index (χ0n) is 12.1. The summed E-state index contributed by atoms with van der Waals surface area (Å²) < 4.78 is 23.5. The van der Waals surface area contributed by atoms with Crippen molar-refractivity contribution in [1.82, 2.24) is 14.1 Å². The van der Waals surface area contributed by atoms with Gasteiger partial charge >= 0.3 is 5.69 Å². The molecular formula is C15H13BrFN3O2. The topological polar surface area (TPSA) is 49.1 Å². The lowest BCUT2D eigenvalue weighted by Crippen LogP contribution is -2.28. The third-order valence-corrected chi connectivity index (χ3v) is 5.05. The van der Waals surface area contributed by atoms with E-state index < -0.39 is 5.82 Å².